The maximum atomic E-state index is 5.50. The van der Waals surface area contributed by atoms with Crippen LogP contribution in [0.1, 0.15) is 71.1 Å². The lowest BCUT2D eigenvalue weighted by molar-refractivity contribution is 0.180. The monoisotopic (exact) mass is 244 g/mol. The minimum absolute atomic E-state index is 0.426. The van der Waals surface area contributed by atoms with E-state index < -0.39 is 0 Å². The van der Waals surface area contributed by atoms with E-state index in [1.807, 2.05) is 0 Å². The number of nitrogens with one attached hydrogen (secondary N) is 1. The molecule has 0 aromatic rings. The first-order chi connectivity index (χ1) is 8.35. The van der Waals surface area contributed by atoms with Crippen LogP contribution in [0.4, 0.5) is 0 Å². The zero-order valence-electron chi connectivity index (χ0n) is 11.8. The molecule has 0 saturated carbocycles. The van der Waals surface area contributed by atoms with Crippen LogP contribution in [-0.2, 0) is 4.74 Å². The Labute approximate surface area is 107 Å². The van der Waals surface area contributed by atoms with Gasteiger partial charge in [-0.2, -0.15) is 0 Å². The van der Waals surface area contributed by atoms with Crippen molar-refractivity contribution in [1.82, 2.24) is 5.43 Å². The summed E-state index contributed by atoms with van der Waals surface area (Å²) in [7, 11) is 1.74. The first-order valence-electron chi connectivity index (χ1n) is 7.30. The van der Waals surface area contributed by atoms with Gasteiger partial charge in [0.05, 0.1) is 0 Å². The summed E-state index contributed by atoms with van der Waals surface area (Å²) in [4.78, 5) is 0. The first kappa shape index (κ1) is 16.9. The molecule has 0 fully saturated rings. The van der Waals surface area contributed by atoms with Gasteiger partial charge in [-0.3, -0.25) is 11.3 Å². The van der Waals surface area contributed by atoms with Crippen molar-refractivity contribution in [3.8, 4) is 0 Å². The summed E-state index contributed by atoms with van der Waals surface area (Å²) in [6.07, 6.45) is 13.2. The average molecular weight is 244 g/mol. The van der Waals surface area contributed by atoms with Gasteiger partial charge in [-0.15, -0.1) is 0 Å². The van der Waals surface area contributed by atoms with E-state index in [4.69, 9.17) is 10.6 Å². The molecule has 104 valence electrons. The zero-order chi connectivity index (χ0) is 12.8. The quantitative estimate of drug-likeness (QED) is 0.296. The summed E-state index contributed by atoms with van der Waals surface area (Å²) in [5.41, 5.74) is 2.88. The van der Waals surface area contributed by atoms with Gasteiger partial charge >= 0.3 is 0 Å². The molecule has 0 saturated heterocycles. The number of methoxy groups -OCH3 is 1. The fourth-order valence-electron chi connectivity index (χ4n) is 2.10. The second-order valence-electron chi connectivity index (χ2n) is 4.91. The Morgan fingerprint density at radius 1 is 0.941 bits per heavy atom. The molecular weight excluding hydrogens is 212 g/mol. The normalized spacial score (nSPS) is 12.9. The third-order valence-electron chi connectivity index (χ3n) is 3.31. The van der Waals surface area contributed by atoms with Gasteiger partial charge in [0.15, 0.2) is 0 Å². The first-order valence-corrected chi connectivity index (χ1v) is 7.30. The molecule has 1 atom stereocenters. The van der Waals surface area contributed by atoms with E-state index in [1.54, 1.807) is 7.11 Å². The molecule has 0 spiro atoms. The standard InChI is InChI=1S/C14H32N2O/c1-3-4-5-6-7-8-9-10-11-14(16-15)12-13-17-2/h14,16H,3-13,15H2,1-2H3. The highest BCUT2D eigenvalue weighted by Crippen LogP contribution is 2.11. The van der Waals surface area contributed by atoms with Crippen molar-refractivity contribution in [1.29, 1.82) is 0 Å². The SMILES string of the molecule is CCCCCCCCCCC(CCOC)NN. The zero-order valence-corrected chi connectivity index (χ0v) is 11.8. The number of hydrazine groups is 1. The van der Waals surface area contributed by atoms with E-state index in [9.17, 15) is 0 Å². The molecule has 0 aromatic carbocycles. The Morgan fingerprint density at radius 2 is 1.53 bits per heavy atom. The Morgan fingerprint density at radius 3 is 2.06 bits per heavy atom. The van der Waals surface area contributed by atoms with E-state index in [-0.39, 0.29) is 0 Å². The fourth-order valence-corrected chi connectivity index (χ4v) is 2.10. The molecule has 0 aliphatic rings. The molecule has 0 heterocycles. The summed E-state index contributed by atoms with van der Waals surface area (Å²) in [5.74, 6) is 5.50. The van der Waals surface area contributed by atoms with Crippen molar-refractivity contribution in [2.75, 3.05) is 13.7 Å². The van der Waals surface area contributed by atoms with E-state index in [2.05, 4.69) is 12.3 Å². The van der Waals surface area contributed by atoms with Crippen molar-refractivity contribution >= 4 is 0 Å². The molecule has 3 nitrogen and oxygen atoms in total. The number of nitrogens with two attached hydrogens (primary N) is 1. The van der Waals surface area contributed by atoms with Gasteiger partial charge in [-0.05, 0) is 12.8 Å². The molecule has 3 N–H and O–H groups in total. The molecule has 1 unspecified atom stereocenters. The average Bonchev–Trinajstić information content (AvgIpc) is 2.36. The lowest BCUT2D eigenvalue weighted by Crippen LogP contribution is -2.35. The predicted octanol–water partition coefficient (Wildman–Crippen LogP) is 3.39. The molecule has 0 radical (unpaired) electrons. The second-order valence-corrected chi connectivity index (χ2v) is 4.91. The van der Waals surface area contributed by atoms with Gasteiger partial charge in [0.1, 0.15) is 0 Å². The van der Waals surface area contributed by atoms with Crippen LogP contribution in [0.15, 0.2) is 0 Å². The number of unbranched alkanes of at least 4 members (excludes halogenated alkanes) is 7. The highest BCUT2D eigenvalue weighted by Gasteiger charge is 2.05. The summed E-state index contributed by atoms with van der Waals surface area (Å²) in [6.45, 7) is 3.06. The van der Waals surface area contributed by atoms with E-state index in [0.717, 1.165) is 13.0 Å². The van der Waals surface area contributed by atoms with Gasteiger partial charge in [-0.1, -0.05) is 58.3 Å². The molecule has 0 bridgehead atoms. The number of ether oxygens (including phenoxy) is 1. The van der Waals surface area contributed by atoms with Crippen molar-refractivity contribution in [3.05, 3.63) is 0 Å². The molecule has 0 amide bonds. The Balaban J connectivity index is 3.19. The molecule has 17 heavy (non-hydrogen) atoms. The van der Waals surface area contributed by atoms with Gasteiger partial charge in [0, 0.05) is 19.8 Å². The van der Waals surface area contributed by atoms with Crippen molar-refractivity contribution in [3.63, 3.8) is 0 Å². The summed E-state index contributed by atoms with van der Waals surface area (Å²) >= 11 is 0. The van der Waals surface area contributed by atoms with Gasteiger partial charge in [0.25, 0.3) is 0 Å². The van der Waals surface area contributed by atoms with E-state index in [1.165, 1.54) is 57.8 Å². The molecule has 0 rings (SSSR count). The molecule has 0 aliphatic heterocycles. The third-order valence-corrected chi connectivity index (χ3v) is 3.31. The molecule has 0 aromatic heterocycles. The lowest BCUT2D eigenvalue weighted by atomic mass is 10.0. The Kier molecular flexibility index (Phi) is 13.8. The maximum Gasteiger partial charge on any atom is 0.0477 e. The van der Waals surface area contributed by atoms with Gasteiger partial charge in [0.2, 0.25) is 0 Å². The van der Waals surface area contributed by atoms with Crippen LogP contribution >= 0.6 is 0 Å². The van der Waals surface area contributed by atoms with Crippen LogP contribution in [0.25, 0.3) is 0 Å². The van der Waals surface area contributed by atoms with Crippen LogP contribution in [-0.4, -0.2) is 19.8 Å². The molecule has 0 aliphatic carbocycles. The van der Waals surface area contributed by atoms with Crippen molar-refractivity contribution < 1.29 is 4.74 Å². The third kappa shape index (κ3) is 12.1. The van der Waals surface area contributed by atoms with E-state index >= 15 is 0 Å². The molecular formula is C14H32N2O. The van der Waals surface area contributed by atoms with Crippen LogP contribution in [0.2, 0.25) is 0 Å². The van der Waals surface area contributed by atoms with Crippen LogP contribution < -0.4 is 11.3 Å². The van der Waals surface area contributed by atoms with Gasteiger partial charge < -0.3 is 4.74 Å². The van der Waals surface area contributed by atoms with Gasteiger partial charge in [-0.25, -0.2) is 0 Å². The topological polar surface area (TPSA) is 47.3 Å². The summed E-state index contributed by atoms with van der Waals surface area (Å²) < 4.78 is 5.06. The number of hydrogen-bond acceptors (Lipinski definition) is 3. The van der Waals surface area contributed by atoms with Crippen molar-refractivity contribution in [2.24, 2.45) is 5.84 Å². The highest BCUT2D eigenvalue weighted by atomic mass is 16.5. The van der Waals surface area contributed by atoms with Crippen molar-refractivity contribution in [2.45, 2.75) is 77.2 Å². The van der Waals surface area contributed by atoms with Crippen LogP contribution in [0.3, 0.4) is 0 Å². The van der Waals surface area contributed by atoms with E-state index in [0.29, 0.717) is 6.04 Å². The summed E-state index contributed by atoms with van der Waals surface area (Å²) in [5, 5.41) is 0. The maximum absolute atomic E-state index is 5.50. The molecule has 3 heteroatoms. The smallest absolute Gasteiger partial charge is 0.0477 e. The minimum atomic E-state index is 0.426. The minimum Gasteiger partial charge on any atom is -0.385 e. The largest absolute Gasteiger partial charge is 0.385 e. The lowest BCUT2D eigenvalue weighted by Gasteiger charge is -2.14. The second kappa shape index (κ2) is 13.9. The van der Waals surface area contributed by atoms with Crippen LogP contribution in [0, 0.1) is 0 Å². The Hall–Kier alpha value is -0.120. The number of rotatable bonds is 13. The summed E-state index contributed by atoms with van der Waals surface area (Å²) in [6, 6.07) is 0.426. The fraction of sp³-hybridized carbons (Fsp3) is 1.00. The Bertz CT molecular complexity index is 142. The van der Waals surface area contributed by atoms with Crippen LogP contribution in [0.5, 0.6) is 0 Å². The highest BCUT2D eigenvalue weighted by molar-refractivity contribution is 4.63. The predicted molar refractivity (Wildman–Crippen MR) is 74.8 cm³/mol. The number of hydrogen-bond donors (Lipinski definition) is 2.